The number of non-ortho nitro benzene ring substituents is 2. The summed E-state index contributed by atoms with van der Waals surface area (Å²) >= 11 is 0. The molecule has 1 N–H and O–H groups in total. The Balaban J connectivity index is 1.88. The molecule has 0 radical (unpaired) electrons. The summed E-state index contributed by atoms with van der Waals surface area (Å²) in [5, 5.41) is 25.1. The third-order valence-electron chi connectivity index (χ3n) is 5.01. The Labute approximate surface area is 155 Å². The van der Waals surface area contributed by atoms with E-state index >= 15 is 0 Å². The molecule has 140 valence electrons. The van der Waals surface area contributed by atoms with Crippen molar-refractivity contribution in [1.29, 1.82) is 0 Å². The zero-order chi connectivity index (χ0) is 19.6. The first-order valence-electron chi connectivity index (χ1n) is 8.68. The van der Waals surface area contributed by atoms with Crippen molar-refractivity contribution in [2.24, 2.45) is 5.92 Å². The number of benzene rings is 2. The number of nitrogens with one attached hydrogen (secondary N) is 1. The van der Waals surface area contributed by atoms with E-state index in [-0.39, 0.29) is 35.2 Å². The first kappa shape index (κ1) is 18.7. The van der Waals surface area contributed by atoms with E-state index in [2.05, 4.69) is 5.32 Å². The van der Waals surface area contributed by atoms with Crippen LogP contribution in [-0.2, 0) is 4.79 Å². The molecular formula is C19H19N3O5. The topological polar surface area (TPSA) is 115 Å². The van der Waals surface area contributed by atoms with Crippen LogP contribution in [0.4, 0.5) is 11.4 Å². The molecule has 1 fully saturated rings. The molecule has 8 heteroatoms. The molecule has 1 heterocycles. The van der Waals surface area contributed by atoms with E-state index in [1.165, 1.54) is 24.3 Å². The van der Waals surface area contributed by atoms with E-state index in [1.54, 1.807) is 24.3 Å². The molecule has 2 aromatic carbocycles. The van der Waals surface area contributed by atoms with Crippen LogP contribution in [-0.4, -0.2) is 15.6 Å². The number of nitrogens with zero attached hydrogens (tertiary/aromatic N) is 2. The van der Waals surface area contributed by atoms with E-state index in [0.29, 0.717) is 12.8 Å². The summed E-state index contributed by atoms with van der Waals surface area (Å²) in [7, 11) is 0. The predicted molar refractivity (Wildman–Crippen MR) is 98.2 cm³/mol. The molecule has 0 aromatic heterocycles. The Morgan fingerprint density at radius 2 is 1.41 bits per heavy atom. The van der Waals surface area contributed by atoms with Crippen LogP contribution in [0.5, 0.6) is 0 Å². The van der Waals surface area contributed by atoms with Gasteiger partial charge in [0.2, 0.25) is 0 Å². The second kappa shape index (κ2) is 7.63. The summed E-state index contributed by atoms with van der Waals surface area (Å²) in [6.07, 6.45) is 0.959. The minimum absolute atomic E-state index is 0.000704. The van der Waals surface area contributed by atoms with E-state index in [0.717, 1.165) is 11.1 Å². The Morgan fingerprint density at radius 1 is 0.926 bits per heavy atom. The van der Waals surface area contributed by atoms with Gasteiger partial charge in [-0.3, -0.25) is 25.0 Å². The normalized spacial score (nSPS) is 22.4. The number of hydrogen-bond acceptors (Lipinski definition) is 6. The molecule has 2 aromatic rings. The lowest BCUT2D eigenvalue weighted by molar-refractivity contribution is -0.385. The van der Waals surface area contributed by atoms with Gasteiger partial charge in [-0.2, -0.15) is 0 Å². The summed E-state index contributed by atoms with van der Waals surface area (Å²) in [5.41, 5.74) is 1.61. The highest BCUT2D eigenvalue weighted by molar-refractivity contribution is 5.83. The maximum Gasteiger partial charge on any atom is 0.269 e. The molecule has 8 nitrogen and oxygen atoms in total. The van der Waals surface area contributed by atoms with Gasteiger partial charge < -0.3 is 5.32 Å². The van der Waals surface area contributed by atoms with Gasteiger partial charge in [0.05, 0.1) is 9.85 Å². The van der Waals surface area contributed by atoms with Crippen molar-refractivity contribution in [3.63, 3.8) is 0 Å². The van der Waals surface area contributed by atoms with Crippen molar-refractivity contribution in [2.75, 3.05) is 0 Å². The van der Waals surface area contributed by atoms with E-state index in [9.17, 15) is 25.0 Å². The average molecular weight is 369 g/mol. The predicted octanol–water partition coefficient (Wildman–Crippen LogP) is 3.87. The lowest BCUT2D eigenvalue weighted by atomic mass is 9.79. The van der Waals surface area contributed by atoms with Gasteiger partial charge in [-0.1, -0.05) is 31.2 Å². The molecule has 0 amide bonds. The SMILES string of the molecule is CC[C@@H]1C(=O)C[C@@H](c2ccc([N+](=O)[O-])cc2)N[C@@H]1c1ccc([N+](=O)[O-])cc1. The minimum Gasteiger partial charge on any atom is -0.302 e. The van der Waals surface area contributed by atoms with Crippen molar-refractivity contribution < 1.29 is 14.6 Å². The van der Waals surface area contributed by atoms with Crippen LogP contribution in [0.25, 0.3) is 0 Å². The lowest BCUT2D eigenvalue weighted by Gasteiger charge is -2.36. The fourth-order valence-corrected chi connectivity index (χ4v) is 3.57. The fraction of sp³-hybridized carbons (Fsp3) is 0.316. The lowest BCUT2D eigenvalue weighted by Crippen LogP contribution is -2.42. The van der Waals surface area contributed by atoms with Crippen molar-refractivity contribution in [2.45, 2.75) is 31.8 Å². The quantitative estimate of drug-likeness (QED) is 0.632. The van der Waals surface area contributed by atoms with Crippen molar-refractivity contribution in [1.82, 2.24) is 5.32 Å². The minimum atomic E-state index is -0.462. The van der Waals surface area contributed by atoms with Gasteiger partial charge in [-0.05, 0) is 17.5 Å². The highest BCUT2D eigenvalue weighted by atomic mass is 16.6. The summed E-state index contributed by atoms with van der Waals surface area (Å²) in [6.45, 7) is 1.94. The van der Waals surface area contributed by atoms with Crippen LogP contribution in [0.15, 0.2) is 48.5 Å². The van der Waals surface area contributed by atoms with Gasteiger partial charge in [0.25, 0.3) is 11.4 Å². The molecule has 1 aliphatic heterocycles. The number of nitro groups is 2. The average Bonchev–Trinajstić information content (AvgIpc) is 2.67. The molecule has 3 rings (SSSR count). The van der Waals surface area contributed by atoms with Crippen molar-refractivity contribution in [3.8, 4) is 0 Å². The van der Waals surface area contributed by atoms with E-state index < -0.39 is 9.85 Å². The second-order valence-corrected chi connectivity index (χ2v) is 6.58. The van der Waals surface area contributed by atoms with Crippen molar-refractivity contribution >= 4 is 17.2 Å². The molecule has 0 bridgehead atoms. The number of ketones is 1. The van der Waals surface area contributed by atoms with Gasteiger partial charge in [0, 0.05) is 48.7 Å². The number of piperidine rings is 1. The largest absolute Gasteiger partial charge is 0.302 e. The number of Topliss-reactive ketones (excluding diaryl/α,β-unsaturated/α-hetero) is 1. The van der Waals surface area contributed by atoms with Crippen LogP contribution in [0.1, 0.15) is 43.0 Å². The van der Waals surface area contributed by atoms with Crippen LogP contribution in [0.2, 0.25) is 0 Å². The Hall–Kier alpha value is -3.13. The van der Waals surface area contributed by atoms with Crippen LogP contribution in [0, 0.1) is 26.1 Å². The van der Waals surface area contributed by atoms with E-state index in [1.807, 2.05) is 6.92 Å². The zero-order valence-electron chi connectivity index (χ0n) is 14.7. The highest BCUT2D eigenvalue weighted by Crippen LogP contribution is 2.37. The first-order valence-corrected chi connectivity index (χ1v) is 8.68. The third kappa shape index (κ3) is 3.85. The van der Waals surface area contributed by atoms with Gasteiger partial charge in [0.1, 0.15) is 5.78 Å². The number of hydrogen-bond donors (Lipinski definition) is 1. The maximum atomic E-state index is 12.7. The van der Waals surface area contributed by atoms with Crippen LogP contribution in [0.3, 0.4) is 0 Å². The van der Waals surface area contributed by atoms with Gasteiger partial charge >= 0.3 is 0 Å². The third-order valence-corrected chi connectivity index (χ3v) is 5.01. The monoisotopic (exact) mass is 369 g/mol. The van der Waals surface area contributed by atoms with Crippen LogP contribution < -0.4 is 5.32 Å². The van der Waals surface area contributed by atoms with Crippen LogP contribution >= 0.6 is 0 Å². The Kier molecular flexibility index (Phi) is 5.27. The van der Waals surface area contributed by atoms with Crippen molar-refractivity contribution in [3.05, 3.63) is 79.9 Å². The highest BCUT2D eigenvalue weighted by Gasteiger charge is 2.36. The molecule has 1 saturated heterocycles. The molecule has 1 aliphatic rings. The second-order valence-electron chi connectivity index (χ2n) is 6.58. The Bertz CT molecular complexity index is 864. The molecule has 3 atom stereocenters. The summed E-state index contributed by atoms with van der Waals surface area (Å²) in [5.74, 6) is -0.108. The smallest absolute Gasteiger partial charge is 0.269 e. The van der Waals surface area contributed by atoms with Gasteiger partial charge in [0.15, 0.2) is 0 Å². The summed E-state index contributed by atoms with van der Waals surface area (Å²) in [6, 6.07) is 11.8. The first-order chi connectivity index (χ1) is 12.9. The molecular weight excluding hydrogens is 350 g/mol. The summed E-state index contributed by atoms with van der Waals surface area (Å²) < 4.78 is 0. The number of nitro benzene ring substituents is 2. The summed E-state index contributed by atoms with van der Waals surface area (Å²) in [4.78, 5) is 33.5. The molecule has 0 saturated carbocycles. The maximum absolute atomic E-state index is 12.7. The number of carbonyl (C=O) groups is 1. The number of carbonyl (C=O) groups excluding carboxylic acids is 1. The van der Waals surface area contributed by atoms with E-state index in [4.69, 9.17) is 0 Å². The van der Waals surface area contributed by atoms with Gasteiger partial charge in [-0.25, -0.2) is 0 Å². The standard InChI is InChI=1S/C19H19N3O5/c1-2-16-18(23)11-17(12-3-7-14(8-4-12)21(24)25)20-19(16)13-5-9-15(10-6-13)22(26)27/h3-10,16-17,19-20H,2,11H2,1H3/t16-,17+,19-/m1/s1. The molecule has 0 aliphatic carbocycles. The van der Waals surface area contributed by atoms with Gasteiger partial charge in [-0.15, -0.1) is 0 Å². The number of rotatable bonds is 5. The zero-order valence-corrected chi connectivity index (χ0v) is 14.7. The molecule has 27 heavy (non-hydrogen) atoms. The molecule has 0 spiro atoms. The Morgan fingerprint density at radius 3 is 1.85 bits per heavy atom. The molecule has 0 unspecified atom stereocenters. The fourth-order valence-electron chi connectivity index (χ4n) is 3.57.